The molecule has 0 bridgehead atoms. The molecular formula is C22H27ClN2O3. The van der Waals surface area contributed by atoms with Gasteiger partial charge in [0.15, 0.2) is 6.61 Å². The van der Waals surface area contributed by atoms with Gasteiger partial charge in [0.2, 0.25) is 5.91 Å². The van der Waals surface area contributed by atoms with Crippen molar-refractivity contribution in [2.75, 3.05) is 13.2 Å². The Hall–Kier alpha value is -2.53. The predicted molar refractivity (Wildman–Crippen MR) is 111 cm³/mol. The number of hydrogen-bond acceptors (Lipinski definition) is 3. The van der Waals surface area contributed by atoms with Gasteiger partial charge in [-0.3, -0.25) is 9.59 Å². The average Bonchev–Trinajstić information content (AvgIpc) is 2.70. The van der Waals surface area contributed by atoms with Gasteiger partial charge < -0.3 is 15.0 Å². The van der Waals surface area contributed by atoms with E-state index in [4.69, 9.17) is 16.3 Å². The van der Waals surface area contributed by atoms with Crippen LogP contribution in [0.1, 0.15) is 31.4 Å². The summed E-state index contributed by atoms with van der Waals surface area (Å²) in [6.07, 6.45) is 0.833. The third kappa shape index (κ3) is 6.57. The summed E-state index contributed by atoms with van der Waals surface area (Å²) in [5, 5.41) is 3.47. The van der Waals surface area contributed by atoms with Crippen molar-refractivity contribution in [2.45, 2.75) is 39.8 Å². The summed E-state index contributed by atoms with van der Waals surface area (Å²) in [5.74, 6) is 0.183. The minimum Gasteiger partial charge on any atom is -0.484 e. The standard InChI is InChI=1S/C22H27ClN2O3/c1-4-13-24-22(27)17(3)25(14-18-7-9-19(23)10-8-18)21(26)15-28-20-11-5-16(2)6-12-20/h5-12,17H,4,13-15H2,1-3H3,(H,24,27)/t17-/m0/s1. The monoisotopic (exact) mass is 402 g/mol. The second kappa shape index (κ2) is 10.7. The molecule has 2 amide bonds. The smallest absolute Gasteiger partial charge is 0.261 e. The van der Waals surface area contributed by atoms with Crippen LogP contribution in [0.3, 0.4) is 0 Å². The first-order chi connectivity index (χ1) is 13.4. The maximum Gasteiger partial charge on any atom is 0.261 e. The van der Waals surface area contributed by atoms with Gasteiger partial charge in [0.1, 0.15) is 11.8 Å². The third-order valence-electron chi connectivity index (χ3n) is 4.37. The zero-order valence-electron chi connectivity index (χ0n) is 16.6. The zero-order valence-corrected chi connectivity index (χ0v) is 17.3. The van der Waals surface area contributed by atoms with Crippen LogP contribution in [0.4, 0.5) is 0 Å². The predicted octanol–water partition coefficient (Wildman–Crippen LogP) is 3.97. The van der Waals surface area contributed by atoms with Gasteiger partial charge in [0, 0.05) is 18.1 Å². The van der Waals surface area contributed by atoms with Crippen molar-refractivity contribution in [3.63, 3.8) is 0 Å². The maximum atomic E-state index is 12.9. The summed E-state index contributed by atoms with van der Waals surface area (Å²) in [5.41, 5.74) is 2.01. The number of rotatable bonds is 9. The first-order valence-corrected chi connectivity index (χ1v) is 9.79. The van der Waals surface area contributed by atoms with E-state index in [1.807, 2.05) is 50.2 Å². The fraction of sp³-hybridized carbons (Fsp3) is 0.364. The molecule has 2 rings (SSSR count). The molecular weight excluding hydrogens is 376 g/mol. The lowest BCUT2D eigenvalue weighted by Crippen LogP contribution is -2.49. The van der Waals surface area contributed by atoms with Crippen LogP contribution in [0.25, 0.3) is 0 Å². The molecule has 2 aromatic rings. The number of aryl methyl sites for hydroxylation is 1. The highest BCUT2D eigenvalue weighted by Gasteiger charge is 2.26. The van der Waals surface area contributed by atoms with Gasteiger partial charge in [-0.25, -0.2) is 0 Å². The van der Waals surface area contributed by atoms with Crippen LogP contribution in [0.5, 0.6) is 5.75 Å². The summed E-state index contributed by atoms with van der Waals surface area (Å²) in [4.78, 5) is 26.8. The Labute approximate surface area is 171 Å². The fourth-order valence-corrected chi connectivity index (χ4v) is 2.75. The molecule has 0 unspecified atom stereocenters. The lowest BCUT2D eigenvalue weighted by molar-refractivity contribution is -0.142. The number of hydrogen-bond donors (Lipinski definition) is 1. The number of halogens is 1. The van der Waals surface area contributed by atoms with Crippen molar-refractivity contribution in [3.05, 3.63) is 64.7 Å². The Morgan fingerprint density at radius 3 is 2.36 bits per heavy atom. The van der Waals surface area contributed by atoms with Crippen LogP contribution in [0.15, 0.2) is 48.5 Å². The highest BCUT2D eigenvalue weighted by atomic mass is 35.5. The molecule has 2 aromatic carbocycles. The SMILES string of the molecule is CCCNC(=O)[C@H](C)N(Cc1ccc(Cl)cc1)C(=O)COc1ccc(C)cc1. The van der Waals surface area contributed by atoms with Crippen LogP contribution in [0.2, 0.25) is 5.02 Å². The molecule has 0 saturated heterocycles. The van der Waals surface area contributed by atoms with Crippen molar-refractivity contribution in [1.29, 1.82) is 0 Å². The van der Waals surface area contributed by atoms with E-state index in [1.54, 1.807) is 19.1 Å². The highest BCUT2D eigenvalue weighted by molar-refractivity contribution is 6.30. The molecule has 0 aliphatic heterocycles. The van der Waals surface area contributed by atoms with E-state index in [9.17, 15) is 9.59 Å². The number of nitrogens with one attached hydrogen (secondary N) is 1. The van der Waals surface area contributed by atoms with Crippen molar-refractivity contribution in [1.82, 2.24) is 10.2 Å². The molecule has 0 aliphatic carbocycles. The average molecular weight is 403 g/mol. The molecule has 0 spiro atoms. The number of benzene rings is 2. The fourth-order valence-electron chi connectivity index (χ4n) is 2.63. The van der Waals surface area contributed by atoms with Crippen LogP contribution in [-0.2, 0) is 16.1 Å². The summed E-state index contributed by atoms with van der Waals surface area (Å²) in [6, 6.07) is 14.1. The zero-order chi connectivity index (χ0) is 20.5. The first kappa shape index (κ1) is 21.8. The third-order valence-corrected chi connectivity index (χ3v) is 4.62. The lowest BCUT2D eigenvalue weighted by Gasteiger charge is -2.28. The van der Waals surface area contributed by atoms with Crippen molar-refractivity contribution in [3.8, 4) is 5.75 Å². The Kier molecular flexibility index (Phi) is 8.33. The molecule has 0 radical (unpaired) electrons. The number of carbonyl (C=O) groups excluding carboxylic acids is 2. The van der Waals surface area contributed by atoms with E-state index in [0.29, 0.717) is 23.9 Å². The number of ether oxygens (including phenoxy) is 1. The van der Waals surface area contributed by atoms with Crippen LogP contribution >= 0.6 is 11.6 Å². The maximum absolute atomic E-state index is 12.9. The van der Waals surface area contributed by atoms with E-state index in [-0.39, 0.29) is 18.4 Å². The second-order valence-corrected chi connectivity index (χ2v) is 7.15. The Balaban J connectivity index is 2.10. The molecule has 0 heterocycles. The van der Waals surface area contributed by atoms with Gasteiger partial charge in [-0.15, -0.1) is 0 Å². The highest BCUT2D eigenvalue weighted by Crippen LogP contribution is 2.15. The molecule has 0 aromatic heterocycles. The molecule has 0 aliphatic rings. The van der Waals surface area contributed by atoms with Gasteiger partial charge in [-0.05, 0) is 50.1 Å². The topological polar surface area (TPSA) is 58.6 Å². The van der Waals surface area contributed by atoms with Crippen molar-refractivity contribution >= 4 is 23.4 Å². The number of nitrogens with zero attached hydrogens (tertiary/aromatic N) is 1. The van der Waals surface area contributed by atoms with Gasteiger partial charge in [0.05, 0.1) is 0 Å². The minimum absolute atomic E-state index is 0.137. The van der Waals surface area contributed by atoms with Gasteiger partial charge >= 0.3 is 0 Å². The van der Waals surface area contributed by atoms with Crippen LogP contribution in [-0.4, -0.2) is 35.9 Å². The largest absolute Gasteiger partial charge is 0.484 e. The summed E-state index contributed by atoms with van der Waals surface area (Å²) >= 11 is 5.94. The normalized spacial score (nSPS) is 11.6. The molecule has 0 fully saturated rings. The summed E-state index contributed by atoms with van der Waals surface area (Å²) in [7, 11) is 0. The van der Waals surface area contributed by atoms with E-state index in [2.05, 4.69) is 5.32 Å². The van der Waals surface area contributed by atoms with E-state index in [1.165, 1.54) is 4.90 Å². The van der Waals surface area contributed by atoms with Gasteiger partial charge in [0.25, 0.3) is 5.91 Å². The Bertz CT molecular complexity index is 775. The molecule has 6 heteroatoms. The molecule has 150 valence electrons. The minimum atomic E-state index is -0.614. The van der Waals surface area contributed by atoms with Crippen molar-refractivity contribution in [2.24, 2.45) is 0 Å². The van der Waals surface area contributed by atoms with Gasteiger partial charge in [-0.2, -0.15) is 0 Å². The lowest BCUT2D eigenvalue weighted by atomic mass is 10.1. The van der Waals surface area contributed by atoms with E-state index >= 15 is 0 Å². The number of carbonyl (C=O) groups is 2. The quantitative estimate of drug-likeness (QED) is 0.690. The first-order valence-electron chi connectivity index (χ1n) is 9.41. The Morgan fingerprint density at radius 2 is 1.75 bits per heavy atom. The molecule has 1 atom stereocenters. The van der Waals surface area contributed by atoms with Crippen molar-refractivity contribution < 1.29 is 14.3 Å². The molecule has 1 N–H and O–H groups in total. The Morgan fingerprint density at radius 1 is 1.11 bits per heavy atom. The molecule has 5 nitrogen and oxygen atoms in total. The summed E-state index contributed by atoms with van der Waals surface area (Å²) in [6.45, 7) is 6.43. The number of amides is 2. The molecule has 0 saturated carbocycles. The van der Waals surface area contributed by atoms with E-state index in [0.717, 1.165) is 17.5 Å². The summed E-state index contributed by atoms with van der Waals surface area (Å²) < 4.78 is 5.63. The molecule has 28 heavy (non-hydrogen) atoms. The second-order valence-electron chi connectivity index (χ2n) is 6.72. The van der Waals surface area contributed by atoms with Crippen LogP contribution < -0.4 is 10.1 Å². The van der Waals surface area contributed by atoms with E-state index < -0.39 is 6.04 Å². The van der Waals surface area contributed by atoms with Gasteiger partial charge in [-0.1, -0.05) is 48.4 Å². The van der Waals surface area contributed by atoms with Crippen LogP contribution in [0, 0.1) is 6.92 Å².